The molecule has 0 unspecified atom stereocenters. The summed E-state index contributed by atoms with van der Waals surface area (Å²) in [5.41, 5.74) is 0.948. The van der Waals surface area contributed by atoms with Gasteiger partial charge in [-0.1, -0.05) is 6.07 Å². The Morgan fingerprint density at radius 2 is 2.00 bits per heavy atom. The molecule has 0 saturated carbocycles. The molecule has 0 aliphatic carbocycles. The molecule has 5 nitrogen and oxygen atoms in total. The summed E-state index contributed by atoms with van der Waals surface area (Å²) in [5, 5.41) is 2.78. The SMILES string of the molecule is O=C(NCc1ccc2c(c1)OCCO2)c1ccco1. The zero-order valence-electron chi connectivity index (χ0n) is 10.2. The first-order valence-corrected chi connectivity index (χ1v) is 6.03. The van der Waals surface area contributed by atoms with E-state index in [2.05, 4.69) is 5.32 Å². The number of carbonyl (C=O) groups is 1. The van der Waals surface area contributed by atoms with Gasteiger partial charge in [-0.05, 0) is 29.8 Å². The summed E-state index contributed by atoms with van der Waals surface area (Å²) in [4.78, 5) is 11.7. The number of hydrogen-bond donors (Lipinski definition) is 1. The molecule has 2 heterocycles. The molecule has 2 aromatic rings. The van der Waals surface area contributed by atoms with Crippen LogP contribution in [0.4, 0.5) is 0 Å². The van der Waals surface area contributed by atoms with Gasteiger partial charge in [0.2, 0.25) is 0 Å². The summed E-state index contributed by atoms with van der Waals surface area (Å²) < 4.78 is 15.9. The maximum atomic E-state index is 11.7. The number of carbonyl (C=O) groups excluding carboxylic acids is 1. The van der Waals surface area contributed by atoms with Crippen molar-refractivity contribution in [3.05, 3.63) is 47.9 Å². The topological polar surface area (TPSA) is 60.7 Å². The molecule has 0 spiro atoms. The van der Waals surface area contributed by atoms with E-state index in [1.165, 1.54) is 6.26 Å². The average molecular weight is 259 g/mol. The van der Waals surface area contributed by atoms with E-state index in [0.717, 1.165) is 17.1 Å². The van der Waals surface area contributed by atoms with Gasteiger partial charge in [0.1, 0.15) is 13.2 Å². The second kappa shape index (κ2) is 5.06. The molecule has 0 radical (unpaired) electrons. The van der Waals surface area contributed by atoms with Gasteiger partial charge in [-0.25, -0.2) is 0 Å². The van der Waals surface area contributed by atoms with Crippen LogP contribution in [-0.2, 0) is 6.54 Å². The van der Waals surface area contributed by atoms with Gasteiger partial charge in [0.25, 0.3) is 5.91 Å². The van der Waals surface area contributed by atoms with Crippen molar-refractivity contribution in [2.75, 3.05) is 13.2 Å². The van der Waals surface area contributed by atoms with Gasteiger partial charge in [0.05, 0.1) is 6.26 Å². The highest BCUT2D eigenvalue weighted by Crippen LogP contribution is 2.30. The molecule has 1 aromatic heterocycles. The lowest BCUT2D eigenvalue weighted by atomic mass is 10.2. The van der Waals surface area contributed by atoms with Crippen LogP contribution in [0.5, 0.6) is 11.5 Å². The maximum Gasteiger partial charge on any atom is 0.287 e. The minimum absolute atomic E-state index is 0.236. The van der Waals surface area contributed by atoms with E-state index in [1.807, 2.05) is 18.2 Å². The van der Waals surface area contributed by atoms with E-state index in [1.54, 1.807) is 12.1 Å². The third-order valence-electron chi connectivity index (χ3n) is 2.80. The Morgan fingerprint density at radius 1 is 1.16 bits per heavy atom. The number of fused-ring (bicyclic) bond motifs is 1. The standard InChI is InChI=1S/C14H13NO4/c16-14(12-2-1-5-17-12)15-9-10-3-4-11-13(8-10)19-7-6-18-11/h1-5,8H,6-7,9H2,(H,15,16). The van der Waals surface area contributed by atoms with Gasteiger partial charge in [-0.15, -0.1) is 0 Å². The molecular formula is C14H13NO4. The van der Waals surface area contributed by atoms with E-state index >= 15 is 0 Å². The second-order valence-electron chi connectivity index (χ2n) is 4.14. The zero-order valence-corrected chi connectivity index (χ0v) is 10.2. The lowest BCUT2D eigenvalue weighted by Crippen LogP contribution is -2.22. The molecule has 0 bridgehead atoms. The molecule has 1 N–H and O–H groups in total. The van der Waals surface area contributed by atoms with E-state index in [-0.39, 0.29) is 5.91 Å². The molecule has 1 aliphatic heterocycles. The van der Waals surface area contributed by atoms with Gasteiger partial charge in [0.15, 0.2) is 17.3 Å². The Hall–Kier alpha value is -2.43. The number of furan rings is 1. The Bertz CT molecular complexity index is 577. The Balaban J connectivity index is 1.65. The highest BCUT2D eigenvalue weighted by atomic mass is 16.6. The normalized spacial score (nSPS) is 13.1. The summed E-state index contributed by atoms with van der Waals surface area (Å²) >= 11 is 0. The largest absolute Gasteiger partial charge is 0.486 e. The van der Waals surface area contributed by atoms with Crippen molar-refractivity contribution in [1.29, 1.82) is 0 Å². The summed E-state index contributed by atoms with van der Waals surface area (Å²) in [7, 11) is 0. The van der Waals surface area contributed by atoms with Crippen LogP contribution in [0.25, 0.3) is 0 Å². The van der Waals surface area contributed by atoms with Gasteiger partial charge in [-0.2, -0.15) is 0 Å². The summed E-state index contributed by atoms with van der Waals surface area (Å²) in [5.74, 6) is 1.53. The fourth-order valence-electron chi connectivity index (χ4n) is 1.87. The molecule has 1 amide bonds. The first-order valence-electron chi connectivity index (χ1n) is 6.03. The van der Waals surface area contributed by atoms with Crippen LogP contribution < -0.4 is 14.8 Å². The molecule has 98 valence electrons. The van der Waals surface area contributed by atoms with Crippen molar-refractivity contribution < 1.29 is 18.7 Å². The van der Waals surface area contributed by atoms with Crippen molar-refractivity contribution in [3.63, 3.8) is 0 Å². The van der Waals surface area contributed by atoms with Crippen LogP contribution >= 0.6 is 0 Å². The highest BCUT2D eigenvalue weighted by molar-refractivity contribution is 5.91. The highest BCUT2D eigenvalue weighted by Gasteiger charge is 2.12. The predicted molar refractivity (Wildman–Crippen MR) is 67.3 cm³/mol. The minimum Gasteiger partial charge on any atom is -0.486 e. The zero-order chi connectivity index (χ0) is 13.1. The molecule has 5 heteroatoms. The van der Waals surface area contributed by atoms with Crippen LogP contribution in [-0.4, -0.2) is 19.1 Å². The Morgan fingerprint density at radius 3 is 2.79 bits per heavy atom. The molecule has 3 rings (SSSR count). The van der Waals surface area contributed by atoms with Crippen molar-refractivity contribution in [3.8, 4) is 11.5 Å². The van der Waals surface area contributed by atoms with Crippen LogP contribution in [0.15, 0.2) is 41.0 Å². The number of nitrogens with one attached hydrogen (secondary N) is 1. The summed E-state index contributed by atoms with van der Waals surface area (Å²) in [6, 6.07) is 8.92. The fraction of sp³-hybridized carbons (Fsp3) is 0.214. The van der Waals surface area contributed by atoms with E-state index < -0.39 is 0 Å². The third kappa shape index (κ3) is 2.54. The monoisotopic (exact) mass is 259 g/mol. The molecule has 1 aromatic carbocycles. The van der Waals surface area contributed by atoms with Crippen molar-refractivity contribution in [2.45, 2.75) is 6.54 Å². The number of ether oxygens (including phenoxy) is 2. The second-order valence-corrected chi connectivity index (χ2v) is 4.14. The van der Waals surface area contributed by atoms with E-state index in [4.69, 9.17) is 13.9 Å². The Kier molecular flexibility index (Phi) is 3.10. The van der Waals surface area contributed by atoms with Gasteiger partial charge < -0.3 is 19.2 Å². The maximum absolute atomic E-state index is 11.7. The number of benzene rings is 1. The first kappa shape index (κ1) is 11.6. The van der Waals surface area contributed by atoms with Gasteiger partial charge in [0, 0.05) is 6.54 Å². The van der Waals surface area contributed by atoms with Gasteiger partial charge in [-0.3, -0.25) is 4.79 Å². The van der Waals surface area contributed by atoms with Crippen LogP contribution in [0.1, 0.15) is 16.1 Å². The van der Waals surface area contributed by atoms with Crippen LogP contribution in [0.2, 0.25) is 0 Å². The Labute approximate surface area is 110 Å². The van der Waals surface area contributed by atoms with Crippen LogP contribution in [0.3, 0.4) is 0 Å². The third-order valence-corrected chi connectivity index (χ3v) is 2.80. The van der Waals surface area contributed by atoms with Crippen LogP contribution in [0, 0.1) is 0 Å². The minimum atomic E-state index is -0.236. The molecule has 19 heavy (non-hydrogen) atoms. The predicted octanol–water partition coefficient (Wildman–Crippen LogP) is 1.98. The smallest absolute Gasteiger partial charge is 0.287 e. The summed E-state index contributed by atoms with van der Waals surface area (Å²) in [6.45, 7) is 1.53. The molecule has 0 atom stereocenters. The number of hydrogen-bond acceptors (Lipinski definition) is 4. The van der Waals surface area contributed by atoms with Crippen molar-refractivity contribution >= 4 is 5.91 Å². The lowest BCUT2D eigenvalue weighted by Gasteiger charge is -2.18. The van der Waals surface area contributed by atoms with E-state index in [9.17, 15) is 4.79 Å². The fourth-order valence-corrected chi connectivity index (χ4v) is 1.87. The number of amides is 1. The lowest BCUT2D eigenvalue weighted by molar-refractivity contribution is 0.0923. The molecule has 0 saturated heterocycles. The van der Waals surface area contributed by atoms with Crippen molar-refractivity contribution in [1.82, 2.24) is 5.32 Å². The first-order chi connectivity index (χ1) is 9.33. The summed E-state index contributed by atoms with van der Waals surface area (Å²) in [6.07, 6.45) is 1.47. The number of rotatable bonds is 3. The van der Waals surface area contributed by atoms with E-state index in [0.29, 0.717) is 25.5 Å². The van der Waals surface area contributed by atoms with Crippen molar-refractivity contribution in [2.24, 2.45) is 0 Å². The molecule has 0 fully saturated rings. The average Bonchev–Trinajstić information content (AvgIpc) is 2.99. The molecular weight excluding hydrogens is 246 g/mol. The molecule has 1 aliphatic rings. The van der Waals surface area contributed by atoms with Gasteiger partial charge >= 0.3 is 0 Å². The quantitative estimate of drug-likeness (QED) is 0.915.